The van der Waals surface area contributed by atoms with Crippen LogP contribution in [0.2, 0.25) is 5.02 Å². The van der Waals surface area contributed by atoms with E-state index in [9.17, 15) is 9.59 Å². The Hall–Kier alpha value is -2.23. The van der Waals surface area contributed by atoms with Gasteiger partial charge >= 0.3 is 5.97 Å². The third-order valence-electron chi connectivity index (χ3n) is 3.81. The highest BCUT2D eigenvalue weighted by Gasteiger charge is 2.33. The fraction of sp³-hybridized carbons (Fsp3) is 0.300. The van der Waals surface area contributed by atoms with E-state index in [2.05, 4.69) is 0 Å². The first kappa shape index (κ1) is 22.8. The molecule has 2 aromatic carbocycles. The van der Waals surface area contributed by atoms with Crippen molar-refractivity contribution in [3.05, 3.63) is 64.7 Å². The van der Waals surface area contributed by atoms with Gasteiger partial charge in [-0.05, 0) is 24.1 Å². The van der Waals surface area contributed by atoms with Gasteiger partial charge in [0.25, 0.3) is 0 Å². The van der Waals surface area contributed by atoms with Crippen molar-refractivity contribution in [1.29, 1.82) is 0 Å². The zero-order chi connectivity index (χ0) is 20.2. The van der Waals surface area contributed by atoms with E-state index in [4.69, 9.17) is 25.6 Å². The van der Waals surface area contributed by atoms with Gasteiger partial charge in [-0.15, -0.1) is 0 Å². The summed E-state index contributed by atoms with van der Waals surface area (Å²) < 4.78 is 18.6. The predicted molar refractivity (Wildman–Crippen MR) is 106 cm³/mol. The van der Waals surface area contributed by atoms with Crippen molar-refractivity contribution < 1.29 is 23.6 Å². The molecule has 0 saturated heterocycles. The summed E-state index contributed by atoms with van der Waals surface area (Å²) in [5.74, 6) is -1.76. The van der Waals surface area contributed by atoms with Gasteiger partial charge in [0.15, 0.2) is 5.78 Å². The Labute approximate surface area is 166 Å². The van der Waals surface area contributed by atoms with Gasteiger partial charge in [-0.3, -0.25) is 14.2 Å². The second-order valence-corrected chi connectivity index (χ2v) is 5.95. The summed E-state index contributed by atoms with van der Waals surface area (Å²) in [6.45, 7) is 2.29. The molecule has 0 aliphatic heterocycles. The number of benzene rings is 2. The van der Waals surface area contributed by atoms with Crippen LogP contribution in [0.15, 0.2) is 48.5 Å². The maximum atomic E-state index is 13.2. The van der Waals surface area contributed by atoms with Crippen LogP contribution in [-0.2, 0) is 14.1 Å². The maximum Gasteiger partial charge on any atom is 0.321 e. The number of carbonyl (C=O) groups excluding carboxylic acids is 2. The summed E-state index contributed by atoms with van der Waals surface area (Å²) >= 11 is 6.21. The molecular weight excluding hydrogens is 387 g/mol. The van der Waals surface area contributed by atoms with Crippen molar-refractivity contribution in [3.8, 4) is 5.75 Å². The number of methoxy groups -OCH3 is 1. The smallest absolute Gasteiger partial charge is 0.321 e. The monoisotopic (exact) mass is 408 g/mol. The van der Waals surface area contributed by atoms with E-state index in [1.54, 1.807) is 51.6 Å². The molecule has 2 aromatic rings. The Kier molecular flexibility index (Phi) is 10.3. The van der Waals surface area contributed by atoms with Gasteiger partial charge in [-0.2, -0.15) is 0 Å². The van der Waals surface area contributed by atoms with Crippen molar-refractivity contribution in [3.63, 3.8) is 0 Å². The molecule has 0 bridgehead atoms. The number of halogens is 1. The standard InChI is InChI=1S/C20H21ClO4.HOP/c1-3-4-13-25-20(23)17(14-9-6-5-7-10-14)19(22)18-15(21)11-8-12-16(18)24-2;1-2/h5-12,17H,3-4,13H2,1-2H3;2H. The van der Waals surface area contributed by atoms with Crippen LogP contribution >= 0.6 is 20.7 Å². The van der Waals surface area contributed by atoms with E-state index in [0.717, 1.165) is 12.8 Å². The molecule has 0 radical (unpaired) electrons. The second kappa shape index (κ2) is 12.2. The average molecular weight is 409 g/mol. The summed E-state index contributed by atoms with van der Waals surface area (Å²) in [6, 6.07) is 13.8. The van der Waals surface area contributed by atoms with Crippen molar-refractivity contribution in [2.75, 3.05) is 13.7 Å². The van der Waals surface area contributed by atoms with Crippen LogP contribution in [0.3, 0.4) is 0 Å². The van der Waals surface area contributed by atoms with E-state index >= 15 is 0 Å². The van der Waals surface area contributed by atoms with E-state index in [1.807, 2.05) is 13.0 Å². The lowest BCUT2D eigenvalue weighted by atomic mass is 9.90. The van der Waals surface area contributed by atoms with Crippen LogP contribution in [0.5, 0.6) is 5.75 Å². The van der Waals surface area contributed by atoms with Crippen LogP contribution in [0.1, 0.15) is 41.6 Å². The third-order valence-corrected chi connectivity index (χ3v) is 4.13. The minimum Gasteiger partial charge on any atom is -0.496 e. The Bertz CT molecular complexity index is 751. The highest BCUT2D eigenvalue weighted by atomic mass is 35.5. The fourth-order valence-electron chi connectivity index (χ4n) is 2.50. The van der Waals surface area contributed by atoms with Crippen LogP contribution < -0.4 is 4.74 Å². The molecule has 144 valence electrons. The highest BCUT2D eigenvalue weighted by Crippen LogP contribution is 2.32. The first-order valence-electron chi connectivity index (χ1n) is 8.38. The van der Waals surface area contributed by atoms with Gasteiger partial charge in [0, 0.05) is 0 Å². The molecule has 0 heterocycles. The number of rotatable bonds is 8. The number of unbranched alkanes of at least 4 members (excludes halogenated alkanes) is 1. The molecule has 0 fully saturated rings. The van der Waals surface area contributed by atoms with E-state index in [0.29, 0.717) is 11.3 Å². The van der Waals surface area contributed by atoms with E-state index in [1.165, 1.54) is 7.11 Å². The molecule has 7 heteroatoms. The van der Waals surface area contributed by atoms with Gasteiger partial charge in [0.05, 0.1) is 24.3 Å². The number of Topliss-reactive ketones (excluding diaryl/α,β-unsaturated/α-hetero) is 1. The lowest BCUT2D eigenvalue weighted by Crippen LogP contribution is -2.25. The number of ether oxygens (including phenoxy) is 2. The number of hydrogen-bond donors (Lipinski definition) is 0. The molecule has 2 rings (SSSR count). The molecule has 0 N–H and O–H groups in total. The highest BCUT2D eigenvalue weighted by molar-refractivity contribution is 7.00. The van der Waals surface area contributed by atoms with Crippen LogP contribution in [0, 0.1) is 0 Å². The van der Waals surface area contributed by atoms with Crippen molar-refractivity contribution in [1.82, 2.24) is 0 Å². The molecule has 27 heavy (non-hydrogen) atoms. The molecular formula is C20H22ClO5P. The largest absolute Gasteiger partial charge is 0.496 e. The Morgan fingerprint density at radius 2 is 1.74 bits per heavy atom. The molecule has 1 unspecified atom stereocenters. The Morgan fingerprint density at radius 3 is 2.33 bits per heavy atom. The zero-order valence-electron chi connectivity index (χ0n) is 15.2. The second-order valence-electron chi connectivity index (χ2n) is 5.55. The fourth-order valence-corrected chi connectivity index (χ4v) is 2.76. The summed E-state index contributed by atoms with van der Waals surface area (Å²) in [5, 5.41) is 0.242. The molecule has 0 aliphatic rings. The van der Waals surface area contributed by atoms with Gasteiger partial charge < -0.3 is 9.47 Å². The molecule has 0 aliphatic carbocycles. The number of ketones is 1. The molecule has 0 amide bonds. The number of carbonyl (C=O) groups is 2. The van der Waals surface area contributed by atoms with Crippen LogP contribution in [0.4, 0.5) is 0 Å². The number of esters is 1. The molecule has 0 spiro atoms. The molecule has 0 saturated carbocycles. The Morgan fingerprint density at radius 1 is 1.07 bits per heavy atom. The van der Waals surface area contributed by atoms with Crippen LogP contribution in [0.25, 0.3) is 0 Å². The Balaban J connectivity index is 0.00000176. The zero-order valence-corrected chi connectivity index (χ0v) is 17.0. The summed E-state index contributed by atoms with van der Waals surface area (Å²) in [7, 11) is 3.18. The van der Waals surface area contributed by atoms with Gasteiger partial charge in [-0.1, -0.05) is 61.3 Å². The normalized spacial score (nSPS) is 10.9. The summed E-state index contributed by atoms with van der Waals surface area (Å²) in [6.07, 6.45) is 1.65. The van der Waals surface area contributed by atoms with Gasteiger partial charge in [-0.25, -0.2) is 0 Å². The lowest BCUT2D eigenvalue weighted by Gasteiger charge is -2.18. The molecule has 0 aromatic heterocycles. The SMILES string of the molecule is CCCCOC(=O)C(C(=O)c1c(Cl)cccc1OC)c1ccccc1.O=P. The van der Waals surface area contributed by atoms with Crippen molar-refractivity contribution in [2.24, 2.45) is 0 Å². The minimum absolute atomic E-state index is 0.188. The van der Waals surface area contributed by atoms with E-state index < -0.39 is 17.7 Å². The molecule has 5 nitrogen and oxygen atoms in total. The predicted octanol–water partition coefficient (Wildman–Crippen LogP) is 5.13. The maximum absolute atomic E-state index is 13.2. The van der Waals surface area contributed by atoms with Crippen LogP contribution in [-0.4, -0.2) is 25.5 Å². The minimum atomic E-state index is -1.08. The van der Waals surface area contributed by atoms with Crippen molar-refractivity contribution in [2.45, 2.75) is 25.7 Å². The average Bonchev–Trinajstić information content (AvgIpc) is 2.70. The molecule has 1 atom stereocenters. The quantitative estimate of drug-likeness (QED) is 0.199. The number of hydrogen-bond acceptors (Lipinski definition) is 5. The van der Waals surface area contributed by atoms with Crippen molar-refractivity contribution >= 4 is 32.5 Å². The topological polar surface area (TPSA) is 69.7 Å². The lowest BCUT2D eigenvalue weighted by molar-refractivity contribution is -0.144. The third kappa shape index (κ3) is 6.16. The van der Waals surface area contributed by atoms with Gasteiger partial charge in [0.2, 0.25) is 0 Å². The summed E-state index contributed by atoms with van der Waals surface area (Å²) in [5.41, 5.74) is 0.754. The van der Waals surface area contributed by atoms with E-state index in [-0.39, 0.29) is 17.2 Å². The first-order chi connectivity index (χ1) is 13.1. The first-order valence-corrected chi connectivity index (χ1v) is 9.17. The van der Waals surface area contributed by atoms with Gasteiger partial charge in [0.1, 0.15) is 20.8 Å². The summed E-state index contributed by atoms with van der Waals surface area (Å²) in [4.78, 5) is 25.8.